The average molecular weight is 283 g/mol. The molecule has 0 radical (unpaired) electrons. The number of nitriles is 1. The van der Waals surface area contributed by atoms with Crippen LogP contribution >= 0.6 is 0 Å². The van der Waals surface area contributed by atoms with Gasteiger partial charge in [0.1, 0.15) is 11.9 Å². The summed E-state index contributed by atoms with van der Waals surface area (Å²) < 4.78 is 13.2. The van der Waals surface area contributed by atoms with Crippen molar-refractivity contribution in [2.75, 3.05) is 17.7 Å². The molecule has 0 unspecified atom stereocenters. The molecular formula is C16H14FN3O. The van der Waals surface area contributed by atoms with E-state index in [-0.39, 0.29) is 11.5 Å². The lowest BCUT2D eigenvalue weighted by Crippen LogP contribution is -2.13. The lowest BCUT2D eigenvalue weighted by Gasteiger charge is -2.10. The summed E-state index contributed by atoms with van der Waals surface area (Å²) in [6, 6.07) is 11.0. The van der Waals surface area contributed by atoms with E-state index in [1.54, 1.807) is 25.2 Å². The van der Waals surface area contributed by atoms with E-state index in [0.29, 0.717) is 11.3 Å². The molecule has 2 aromatic carbocycles. The fourth-order valence-electron chi connectivity index (χ4n) is 1.96. The average Bonchev–Trinajstić information content (AvgIpc) is 2.48. The third-order valence-corrected chi connectivity index (χ3v) is 3.10. The quantitative estimate of drug-likeness (QED) is 0.908. The van der Waals surface area contributed by atoms with Crippen LogP contribution in [0.5, 0.6) is 0 Å². The second-order valence-electron chi connectivity index (χ2n) is 4.54. The maximum atomic E-state index is 13.2. The molecule has 4 nitrogen and oxygen atoms in total. The number of aryl methyl sites for hydroxylation is 1. The zero-order valence-corrected chi connectivity index (χ0v) is 11.7. The summed E-state index contributed by atoms with van der Waals surface area (Å²) in [4.78, 5) is 12.2. The third-order valence-electron chi connectivity index (χ3n) is 3.10. The highest BCUT2D eigenvalue weighted by atomic mass is 19.1. The Labute approximate surface area is 122 Å². The van der Waals surface area contributed by atoms with Gasteiger partial charge in [0, 0.05) is 24.0 Å². The molecule has 0 atom stereocenters. The normalized spacial score (nSPS) is 9.81. The predicted octanol–water partition coefficient (Wildman–Crippen LogP) is 3.30. The maximum Gasteiger partial charge on any atom is 0.255 e. The Morgan fingerprint density at radius 2 is 1.90 bits per heavy atom. The first-order chi connectivity index (χ1) is 10.0. The third kappa shape index (κ3) is 3.18. The molecule has 1 amide bonds. The monoisotopic (exact) mass is 283 g/mol. The molecule has 2 rings (SSSR count). The number of rotatable bonds is 3. The van der Waals surface area contributed by atoms with Crippen LogP contribution in [0.1, 0.15) is 21.5 Å². The molecule has 5 heteroatoms. The van der Waals surface area contributed by atoms with Gasteiger partial charge in [0.15, 0.2) is 0 Å². The molecular weight excluding hydrogens is 269 g/mol. The first-order valence-electron chi connectivity index (χ1n) is 6.34. The zero-order valence-electron chi connectivity index (χ0n) is 11.7. The largest absolute Gasteiger partial charge is 0.388 e. The number of nitrogens with one attached hydrogen (secondary N) is 2. The molecule has 0 saturated carbocycles. The maximum absolute atomic E-state index is 13.2. The smallest absolute Gasteiger partial charge is 0.255 e. The topological polar surface area (TPSA) is 64.9 Å². The van der Waals surface area contributed by atoms with E-state index in [2.05, 4.69) is 10.6 Å². The number of hydrogen-bond acceptors (Lipinski definition) is 3. The molecule has 0 heterocycles. The van der Waals surface area contributed by atoms with Gasteiger partial charge in [-0.05, 0) is 48.9 Å². The lowest BCUT2D eigenvalue weighted by atomic mass is 10.1. The van der Waals surface area contributed by atoms with Crippen LogP contribution in [0.4, 0.5) is 15.8 Å². The number of halogens is 1. The Hall–Kier alpha value is -2.87. The van der Waals surface area contributed by atoms with Gasteiger partial charge in [-0.25, -0.2) is 4.39 Å². The zero-order chi connectivity index (χ0) is 15.4. The Balaban J connectivity index is 2.24. The van der Waals surface area contributed by atoms with Gasteiger partial charge >= 0.3 is 0 Å². The molecule has 0 aliphatic heterocycles. The van der Waals surface area contributed by atoms with Crippen LogP contribution in [-0.4, -0.2) is 13.0 Å². The van der Waals surface area contributed by atoms with Crippen molar-refractivity contribution in [2.24, 2.45) is 0 Å². The molecule has 0 saturated heterocycles. The highest BCUT2D eigenvalue weighted by Crippen LogP contribution is 2.18. The summed E-state index contributed by atoms with van der Waals surface area (Å²) in [7, 11) is 1.80. The van der Waals surface area contributed by atoms with Crippen molar-refractivity contribution in [1.29, 1.82) is 5.26 Å². The van der Waals surface area contributed by atoms with E-state index >= 15 is 0 Å². The molecule has 0 aliphatic carbocycles. The Kier molecular flexibility index (Phi) is 4.19. The number of carbonyl (C=O) groups excluding carboxylic acids is 1. The summed E-state index contributed by atoms with van der Waals surface area (Å²) >= 11 is 0. The number of amides is 1. The van der Waals surface area contributed by atoms with E-state index in [1.807, 2.05) is 13.0 Å². The van der Waals surface area contributed by atoms with Gasteiger partial charge < -0.3 is 10.6 Å². The SMILES string of the molecule is CNc1ccc(C(=O)Nc2ccc(F)c(C#N)c2)c(C)c1. The van der Waals surface area contributed by atoms with Crippen molar-refractivity contribution in [2.45, 2.75) is 6.92 Å². The number of hydrogen-bond donors (Lipinski definition) is 2. The first kappa shape index (κ1) is 14.5. The van der Waals surface area contributed by atoms with E-state index in [0.717, 1.165) is 17.3 Å². The van der Waals surface area contributed by atoms with Crippen LogP contribution in [-0.2, 0) is 0 Å². The highest BCUT2D eigenvalue weighted by molar-refractivity contribution is 6.05. The van der Waals surface area contributed by atoms with Crippen LogP contribution in [0.2, 0.25) is 0 Å². The second kappa shape index (κ2) is 6.06. The molecule has 2 aromatic rings. The minimum atomic E-state index is -0.606. The summed E-state index contributed by atoms with van der Waals surface area (Å²) in [5.41, 5.74) is 2.54. The highest BCUT2D eigenvalue weighted by Gasteiger charge is 2.11. The molecule has 106 valence electrons. The minimum Gasteiger partial charge on any atom is -0.388 e. The summed E-state index contributed by atoms with van der Waals surface area (Å²) in [6.45, 7) is 1.83. The van der Waals surface area contributed by atoms with Gasteiger partial charge in [0.05, 0.1) is 5.56 Å². The minimum absolute atomic E-state index is 0.102. The van der Waals surface area contributed by atoms with Crippen molar-refractivity contribution in [3.05, 3.63) is 58.9 Å². The van der Waals surface area contributed by atoms with Crippen LogP contribution in [0.15, 0.2) is 36.4 Å². The van der Waals surface area contributed by atoms with Gasteiger partial charge in [-0.3, -0.25) is 4.79 Å². The van der Waals surface area contributed by atoms with Crippen molar-refractivity contribution in [3.8, 4) is 6.07 Å². The number of benzene rings is 2. The summed E-state index contributed by atoms with van der Waals surface area (Å²) in [5.74, 6) is -0.907. The van der Waals surface area contributed by atoms with E-state index in [4.69, 9.17) is 5.26 Å². The van der Waals surface area contributed by atoms with Crippen molar-refractivity contribution in [3.63, 3.8) is 0 Å². The molecule has 0 fully saturated rings. The number of nitrogens with zero attached hydrogens (tertiary/aromatic N) is 1. The fraction of sp³-hybridized carbons (Fsp3) is 0.125. The summed E-state index contributed by atoms with van der Waals surface area (Å²) in [5, 5.41) is 14.4. The van der Waals surface area contributed by atoms with Crippen LogP contribution in [0.25, 0.3) is 0 Å². The van der Waals surface area contributed by atoms with Gasteiger partial charge in [0.2, 0.25) is 0 Å². The number of carbonyl (C=O) groups is 1. The van der Waals surface area contributed by atoms with Crippen LogP contribution < -0.4 is 10.6 Å². The van der Waals surface area contributed by atoms with Crippen LogP contribution in [0.3, 0.4) is 0 Å². The molecule has 0 bridgehead atoms. The Morgan fingerprint density at radius 3 is 2.52 bits per heavy atom. The molecule has 21 heavy (non-hydrogen) atoms. The first-order valence-corrected chi connectivity index (χ1v) is 6.34. The molecule has 0 aliphatic rings. The lowest BCUT2D eigenvalue weighted by molar-refractivity contribution is 0.102. The molecule has 0 spiro atoms. The van der Waals surface area contributed by atoms with Gasteiger partial charge in [-0.15, -0.1) is 0 Å². The Bertz CT molecular complexity index is 735. The van der Waals surface area contributed by atoms with E-state index in [1.165, 1.54) is 12.1 Å². The fourth-order valence-corrected chi connectivity index (χ4v) is 1.96. The van der Waals surface area contributed by atoms with E-state index < -0.39 is 5.82 Å². The van der Waals surface area contributed by atoms with Crippen molar-refractivity contribution < 1.29 is 9.18 Å². The second-order valence-corrected chi connectivity index (χ2v) is 4.54. The van der Waals surface area contributed by atoms with Crippen LogP contribution in [0, 0.1) is 24.1 Å². The van der Waals surface area contributed by atoms with Gasteiger partial charge in [-0.1, -0.05) is 0 Å². The number of anilines is 2. The predicted molar refractivity (Wildman–Crippen MR) is 79.8 cm³/mol. The van der Waals surface area contributed by atoms with Crippen molar-refractivity contribution in [1.82, 2.24) is 0 Å². The van der Waals surface area contributed by atoms with Gasteiger partial charge in [0.25, 0.3) is 5.91 Å². The van der Waals surface area contributed by atoms with Gasteiger partial charge in [-0.2, -0.15) is 5.26 Å². The van der Waals surface area contributed by atoms with Crippen molar-refractivity contribution >= 4 is 17.3 Å². The molecule has 0 aromatic heterocycles. The summed E-state index contributed by atoms with van der Waals surface area (Å²) in [6.07, 6.45) is 0. The Morgan fingerprint density at radius 1 is 1.19 bits per heavy atom. The standard InChI is InChI=1S/C16H14FN3O/c1-10-7-12(19-2)3-5-14(10)16(21)20-13-4-6-15(17)11(8-13)9-18/h3-8,19H,1-2H3,(H,20,21). The molecule has 2 N–H and O–H groups in total. The van der Waals surface area contributed by atoms with E-state index in [9.17, 15) is 9.18 Å².